The molecule has 0 saturated heterocycles. The molecule has 2 heterocycles. The predicted octanol–water partition coefficient (Wildman–Crippen LogP) is 1.15. The molecule has 3 rings (SSSR count). The third kappa shape index (κ3) is 2.01. The third-order valence-electron chi connectivity index (χ3n) is 3.65. The molecule has 2 aromatic heterocycles. The average Bonchev–Trinajstić information content (AvgIpc) is 2.79. The van der Waals surface area contributed by atoms with E-state index >= 15 is 0 Å². The van der Waals surface area contributed by atoms with Crippen LogP contribution in [-0.2, 0) is 20.0 Å². The van der Waals surface area contributed by atoms with Gasteiger partial charge in [0.15, 0.2) is 5.78 Å². The van der Waals surface area contributed by atoms with Gasteiger partial charge in [0, 0.05) is 37.0 Å². The number of ketones is 1. The van der Waals surface area contributed by atoms with Gasteiger partial charge in [-0.2, -0.15) is 0 Å². The Morgan fingerprint density at radius 1 is 1.26 bits per heavy atom. The number of hydrogen-bond acceptors (Lipinski definition) is 3. The van der Waals surface area contributed by atoms with Crippen LogP contribution < -0.4 is 5.56 Å². The molecular formula is C14H15N3O2. The second-order valence-electron chi connectivity index (χ2n) is 4.89. The maximum absolute atomic E-state index is 12.1. The van der Waals surface area contributed by atoms with Crippen LogP contribution in [0.1, 0.15) is 34.6 Å². The van der Waals surface area contributed by atoms with Crippen molar-refractivity contribution in [3.8, 4) is 0 Å². The minimum absolute atomic E-state index is 0.0605. The number of hydrogen-bond donors (Lipinski definition) is 0. The number of fused-ring (bicyclic) bond motifs is 1. The Balaban J connectivity index is 2.10. The molecule has 2 aromatic rings. The number of carbonyl (C=O) groups is 1. The van der Waals surface area contributed by atoms with E-state index in [1.807, 2.05) is 11.6 Å². The molecule has 0 spiro atoms. The molecule has 5 heteroatoms. The first-order chi connectivity index (χ1) is 9.16. The Labute approximate surface area is 110 Å². The quantitative estimate of drug-likeness (QED) is 0.811. The molecule has 0 aromatic carbocycles. The van der Waals surface area contributed by atoms with E-state index in [0.29, 0.717) is 18.5 Å². The SMILES string of the molecule is Cn1cncc1Cn1c2c(ccc1=O)C(=O)CCC2. The van der Waals surface area contributed by atoms with E-state index in [1.165, 1.54) is 6.07 Å². The van der Waals surface area contributed by atoms with Gasteiger partial charge >= 0.3 is 0 Å². The average molecular weight is 257 g/mol. The van der Waals surface area contributed by atoms with Gasteiger partial charge in [0.2, 0.25) is 0 Å². The summed E-state index contributed by atoms with van der Waals surface area (Å²) in [5, 5.41) is 0. The molecule has 0 fully saturated rings. The number of imidazole rings is 1. The van der Waals surface area contributed by atoms with Crippen LogP contribution in [0.15, 0.2) is 29.5 Å². The van der Waals surface area contributed by atoms with E-state index in [2.05, 4.69) is 4.98 Å². The van der Waals surface area contributed by atoms with Crippen molar-refractivity contribution in [2.45, 2.75) is 25.8 Å². The zero-order chi connectivity index (χ0) is 13.4. The number of aryl methyl sites for hydroxylation is 1. The van der Waals surface area contributed by atoms with Gasteiger partial charge in [0.25, 0.3) is 5.56 Å². The molecule has 0 N–H and O–H groups in total. The molecule has 0 aliphatic heterocycles. The summed E-state index contributed by atoms with van der Waals surface area (Å²) in [5.41, 5.74) is 2.46. The smallest absolute Gasteiger partial charge is 0.251 e. The van der Waals surface area contributed by atoms with Crippen molar-refractivity contribution in [1.82, 2.24) is 14.1 Å². The van der Waals surface area contributed by atoms with Crippen molar-refractivity contribution in [2.75, 3.05) is 0 Å². The minimum atomic E-state index is -0.0605. The lowest BCUT2D eigenvalue weighted by Crippen LogP contribution is -2.28. The van der Waals surface area contributed by atoms with Crippen LogP contribution >= 0.6 is 0 Å². The summed E-state index contributed by atoms with van der Waals surface area (Å²) in [6.45, 7) is 0.464. The van der Waals surface area contributed by atoms with Gasteiger partial charge in [-0.05, 0) is 18.9 Å². The van der Waals surface area contributed by atoms with Crippen LogP contribution in [0.2, 0.25) is 0 Å². The van der Waals surface area contributed by atoms with Crippen molar-refractivity contribution in [3.63, 3.8) is 0 Å². The molecule has 0 bridgehead atoms. The molecule has 0 radical (unpaired) electrons. The van der Waals surface area contributed by atoms with Crippen molar-refractivity contribution < 1.29 is 4.79 Å². The number of rotatable bonds is 2. The molecular weight excluding hydrogens is 242 g/mol. The van der Waals surface area contributed by atoms with E-state index in [4.69, 9.17) is 0 Å². The molecule has 1 aliphatic rings. The normalized spacial score (nSPS) is 14.5. The fraction of sp³-hybridized carbons (Fsp3) is 0.357. The fourth-order valence-corrected chi connectivity index (χ4v) is 2.57. The molecule has 0 unspecified atom stereocenters. The first-order valence-corrected chi connectivity index (χ1v) is 6.38. The number of aromatic nitrogens is 3. The maximum Gasteiger partial charge on any atom is 0.251 e. The highest BCUT2D eigenvalue weighted by Crippen LogP contribution is 2.20. The van der Waals surface area contributed by atoms with Crippen molar-refractivity contribution >= 4 is 5.78 Å². The van der Waals surface area contributed by atoms with Gasteiger partial charge in [-0.15, -0.1) is 0 Å². The van der Waals surface area contributed by atoms with Crippen LogP contribution in [0.3, 0.4) is 0 Å². The maximum atomic E-state index is 12.1. The highest BCUT2D eigenvalue weighted by molar-refractivity contribution is 5.97. The molecule has 1 aliphatic carbocycles. The summed E-state index contributed by atoms with van der Waals surface area (Å²) in [7, 11) is 1.90. The Morgan fingerprint density at radius 3 is 2.84 bits per heavy atom. The first kappa shape index (κ1) is 11.9. The summed E-state index contributed by atoms with van der Waals surface area (Å²) in [6.07, 6.45) is 5.64. The summed E-state index contributed by atoms with van der Waals surface area (Å²) >= 11 is 0. The Hall–Kier alpha value is -2.17. The van der Waals surface area contributed by atoms with E-state index in [9.17, 15) is 9.59 Å². The van der Waals surface area contributed by atoms with E-state index < -0.39 is 0 Å². The van der Waals surface area contributed by atoms with Gasteiger partial charge in [-0.3, -0.25) is 9.59 Å². The largest absolute Gasteiger partial charge is 0.336 e. The zero-order valence-corrected chi connectivity index (χ0v) is 10.8. The van der Waals surface area contributed by atoms with Gasteiger partial charge < -0.3 is 9.13 Å². The molecule has 5 nitrogen and oxygen atoms in total. The Morgan fingerprint density at radius 2 is 2.11 bits per heavy atom. The second-order valence-corrected chi connectivity index (χ2v) is 4.89. The Kier molecular flexibility index (Phi) is 2.81. The van der Waals surface area contributed by atoms with Crippen LogP contribution in [0, 0.1) is 0 Å². The van der Waals surface area contributed by atoms with E-state index in [0.717, 1.165) is 24.2 Å². The molecule has 0 amide bonds. The first-order valence-electron chi connectivity index (χ1n) is 6.38. The van der Waals surface area contributed by atoms with Crippen LogP contribution in [0.25, 0.3) is 0 Å². The molecule has 19 heavy (non-hydrogen) atoms. The second kappa shape index (κ2) is 4.50. The van der Waals surface area contributed by atoms with Crippen molar-refractivity contribution in [3.05, 3.63) is 52.0 Å². The van der Waals surface area contributed by atoms with Gasteiger partial charge in [0.05, 0.1) is 18.6 Å². The third-order valence-corrected chi connectivity index (χ3v) is 3.65. The summed E-state index contributed by atoms with van der Waals surface area (Å²) in [6, 6.07) is 3.15. The minimum Gasteiger partial charge on any atom is -0.336 e. The van der Waals surface area contributed by atoms with E-state index in [-0.39, 0.29) is 11.3 Å². The lowest BCUT2D eigenvalue weighted by atomic mass is 9.94. The van der Waals surface area contributed by atoms with Crippen LogP contribution in [0.4, 0.5) is 0 Å². The Bertz CT molecular complexity index is 697. The van der Waals surface area contributed by atoms with Crippen molar-refractivity contribution in [1.29, 1.82) is 0 Å². The fourth-order valence-electron chi connectivity index (χ4n) is 2.57. The van der Waals surface area contributed by atoms with Gasteiger partial charge in [0.1, 0.15) is 0 Å². The summed E-state index contributed by atoms with van der Waals surface area (Å²) < 4.78 is 3.58. The summed E-state index contributed by atoms with van der Waals surface area (Å²) in [5.74, 6) is 0.139. The predicted molar refractivity (Wildman–Crippen MR) is 70.3 cm³/mol. The lowest BCUT2D eigenvalue weighted by Gasteiger charge is -2.19. The lowest BCUT2D eigenvalue weighted by molar-refractivity contribution is 0.0970. The van der Waals surface area contributed by atoms with Gasteiger partial charge in [-0.25, -0.2) is 4.98 Å². The monoisotopic (exact) mass is 257 g/mol. The number of Topliss-reactive ketones (excluding diaryl/α,β-unsaturated/α-hetero) is 1. The topological polar surface area (TPSA) is 56.9 Å². The van der Waals surface area contributed by atoms with Gasteiger partial charge in [-0.1, -0.05) is 0 Å². The van der Waals surface area contributed by atoms with Crippen molar-refractivity contribution in [2.24, 2.45) is 7.05 Å². The molecule has 0 saturated carbocycles. The highest BCUT2D eigenvalue weighted by atomic mass is 16.1. The van der Waals surface area contributed by atoms with Crippen LogP contribution in [0.5, 0.6) is 0 Å². The zero-order valence-electron chi connectivity index (χ0n) is 10.8. The molecule has 0 atom stereocenters. The molecule has 98 valence electrons. The summed E-state index contributed by atoms with van der Waals surface area (Å²) in [4.78, 5) is 28.0. The number of nitrogens with zero attached hydrogens (tertiary/aromatic N) is 3. The number of pyridine rings is 1. The number of carbonyl (C=O) groups excluding carboxylic acids is 1. The van der Waals surface area contributed by atoms with E-state index in [1.54, 1.807) is 23.2 Å². The standard InChI is InChI=1S/C14H15N3O2/c1-16-9-15-7-10(16)8-17-12-3-2-4-13(18)11(12)5-6-14(17)19/h5-7,9H,2-4,8H2,1H3. The highest BCUT2D eigenvalue weighted by Gasteiger charge is 2.20. The van der Waals surface area contributed by atoms with Crippen LogP contribution in [-0.4, -0.2) is 19.9 Å².